The number of hydrogen-bond acceptors (Lipinski definition) is 6. The van der Waals surface area contributed by atoms with Gasteiger partial charge in [0.25, 0.3) is 0 Å². The number of imidazole rings is 1. The summed E-state index contributed by atoms with van der Waals surface area (Å²) in [5.41, 5.74) is 7.53. The van der Waals surface area contributed by atoms with Crippen LogP contribution in [0, 0.1) is 0 Å². The Labute approximate surface area is 177 Å². The number of rotatable bonds is 2. The van der Waals surface area contributed by atoms with Crippen LogP contribution < -0.4 is 4.90 Å². The van der Waals surface area contributed by atoms with Gasteiger partial charge in [0.15, 0.2) is 5.82 Å². The molecule has 1 N–H and O–H groups in total. The minimum absolute atomic E-state index is 0.730. The predicted molar refractivity (Wildman–Crippen MR) is 118 cm³/mol. The van der Waals surface area contributed by atoms with Crippen LogP contribution in [0.25, 0.3) is 39.0 Å². The quantitative estimate of drug-likeness (QED) is 0.473. The molecule has 2 aliphatic heterocycles. The SMILES string of the molecule is c1cc2c3c(ccnc3c1)-n1c(nc3c(-c4ncn[nH]4)cc(N4CCOCC4)cc31)C2. The highest BCUT2D eigenvalue weighted by Crippen LogP contribution is 2.39. The third-order valence-corrected chi connectivity index (χ3v) is 6.28. The Balaban J connectivity index is 1.55. The first-order chi connectivity index (χ1) is 15.4. The molecule has 0 saturated carbocycles. The van der Waals surface area contributed by atoms with E-state index in [2.05, 4.69) is 66.0 Å². The second-order valence-corrected chi connectivity index (χ2v) is 7.98. The van der Waals surface area contributed by atoms with Crippen LogP contribution in [0.4, 0.5) is 5.69 Å². The van der Waals surface area contributed by atoms with E-state index in [0.717, 1.165) is 77.9 Å². The molecule has 5 aromatic rings. The number of anilines is 1. The lowest BCUT2D eigenvalue weighted by Crippen LogP contribution is -2.36. The number of nitrogens with zero attached hydrogens (tertiary/aromatic N) is 6. The van der Waals surface area contributed by atoms with E-state index < -0.39 is 0 Å². The lowest BCUT2D eigenvalue weighted by molar-refractivity contribution is 0.122. The first-order valence-electron chi connectivity index (χ1n) is 10.5. The van der Waals surface area contributed by atoms with Crippen molar-refractivity contribution in [3.8, 4) is 17.1 Å². The number of aromatic amines is 1. The summed E-state index contributed by atoms with van der Waals surface area (Å²) in [4.78, 5) is 16.5. The van der Waals surface area contributed by atoms with E-state index in [9.17, 15) is 0 Å². The zero-order valence-electron chi connectivity index (χ0n) is 16.7. The predicted octanol–water partition coefficient (Wildman–Crippen LogP) is 3.10. The van der Waals surface area contributed by atoms with Gasteiger partial charge in [-0.25, -0.2) is 9.97 Å². The lowest BCUT2D eigenvalue weighted by Gasteiger charge is -2.29. The van der Waals surface area contributed by atoms with E-state index in [0.29, 0.717) is 0 Å². The van der Waals surface area contributed by atoms with Crippen LogP contribution in [0.1, 0.15) is 11.4 Å². The highest BCUT2D eigenvalue weighted by Gasteiger charge is 2.25. The number of benzene rings is 2. The number of nitrogens with one attached hydrogen (secondary N) is 1. The van der Waals surface area contributed by atoms with Crippen molar-refractivity contribution < 1.29 is 4.74 Å². The second kappa shape index (κ2) is 6.36. The first kappa shape index (κ1) is 17.0. The van der Waals surface area contributed by atoms with Gasteiger partial charge in [-0.1, -0.05) is 12.1 Å². The molecular formula is C23H19N7O. The van der Waals surface area contributed by atoms with E-state index >= 15 is 0 Å². The van der Waals surface area contributed by atoms with Crippen LogP contribution >= 0.6 is 0 Å². The third kappa shape index (κ3) is 2.45. The Morgan fingerprint density at radius 2 is 1.97 bits per heavy atom. The highest BCUT2D eigenvalue weighted by molar-refractivity contribution is 5.99. The minimum atomic E-state index is 0.730. The molecule has 1 saturated heterocycles. The van der Waals surface area contributed by atoms with Gasteiger partial charge in [0.05, 0.1) is 29.9 Å². The van der Waals surface area contributed by atoms with E-state index in [4.69, 9.17) is 9.72 Å². The van der Waals surface area contributed by atoms with Crippen molar-refractivity contribution in [1.29, 1.82) is 0 Å². The molecule has 5 heterocycles. The van der Waals surface area contributed by atoms with Gasteiger partial charge in [0.2, 0.25) is 0 Å². The number of aromatic nitrogens is 6. The molecule has 31 heavy (non-hydrogen) atoms. The summed E-state index contributed by atoms with van der Waals surface area (Å²) in [6.07, 6.45) is 4.19. The van der Waals surface area contributed by atoms with Crippen molar-refractivity contribution in [3.63, 3.8) is 0 Å². The van der Waals surface area contributed by atoms with Crippen LogP contribution in [0.15, 0.2) is 48.9 Å². The normalized spacial score (nSPS) is 15.5. The largest absolute Gasteiger partial charge is 0.378 e. The summed E-state index contributed by atoms with van der Waals surface area (Å²) >= 11 is 0. The number of fused-ring (bicyclic) bond motifs is 4. The summed E-state index contributed by atoms with van der Waals surface area (Å²) in [6, 6.07) is 12.8. The maximum Gasteiger partial charge on any atom is 0.157 e. The molecule has 0 atom stereocenters. The van der Waals surface area contributed by atoms with Crippen molar-refractivity contribution in [2.75, 3.05) is 31.2 Å². The first-order valence-corrected chi connectivity index (χ1v) is 10.5. The third-order valence-electron chi connectivity index (χ3n) is 6.28. The summed E-state index contributed by atoms with van der Waals surface area (Å²) in [6.45, 7) is 3.20. The molecule has 0 amide bonds. The smallest absolute Gasteiger partial charge is 0.157 e. The number of hydrogen-bond donors (Lipinski definition) is 1. The van der Waals surface area contributed by atoms with E-state index in [1.807, 2.05) is 6.20 Å². The molecule has 0 radical (unpaired) electrons. The fourth-order valence-corrected chi connectivity index (χ4v) is 4.88. The summed E-state index contributed by atoms with van der Waals surface area (Å²) in [5, 5.41) is 8.31. The molecule has 2 aliphatic rings. The minimum Gasteiger partial charge on any atom is -0.378 e. The summed E-state index contributed by atoms with van der Waals surface area (Å²) in [7, 11) is 0. The summed E-state index contributed by atoms with van der Waals surface area (Å²) in [5.74, 6) is 1.76. The molecular weight excluding hydrogens is 390 g/mol. The van der Waals surface area contributed by atoms with Gasteiger partial charge >= 0.3 is 0 Å². The fraction of sp³-hybridized carbons (Fsp3) is 0.217. The average molecular weight is 409 g/mol. The number of H-pyrrole nitrogens is 1. The second-order valence-electron chi connectivity index (χ2n) is 7.98. The maximum atomic E-state index is 5.57. The van der Waals surface area contributed by atoms with Gasteiger partial charge in [-0.2, -0.15) is 5.10 Å². The highest BCUT2D eigenvalue weighted by atomic mass is 16.5. The Kier molecular flexibility index (Phi) is 3.48. The molecule has 8 heteroatoms. The fourth-order valence-electron chi connectivity index (χ4n) is 4.88. The van der Waals surface area contributed by atoms with Crippen LogP contribution in [0.3, 0.4) is 0 Å². The molecule has 2 aromatic carbocycles. The number of morpholine rings is 1. The van der Waals surface area contributed by atoms with Crippen molar-refractivity contribution >= 4 is 27.6 Å². The number of ether oxygens (including phenoxy) is 1. The Morgan fingerprint density at radius 1 is 1.03 bits per heavy atom. The topological polar surface area (TPSA) is 84.8 Å². The van der Waals surface area contributed by atoms with Gasteiger partial charge in [-0.3, -0.25) is 14.6 Å². The summed E-state index contributed by atoms with van der Waals surface area (Å²) < 4.78 is 7.86. The molecule has 0 aliphatic carbocycles. The van der Waals surface area contributed by atoms with Gasteiger partial charge in [-0.15, -0.1) is 0 Å². The molecule has 152 valence electrons. The van der Waals surface area contributed by atoms with E-state index in [-0.39, 0.29) is 0 Å². The zero-order valence-corrected chi connectivity index (χ0v) is 16.7. The van der Waals surface area contributed by atoms with Crippen molar-refractivity contribution in [1.82, 2.24) is 29.7 Å². The van der Waals surface area contributed by atoms with Crippen LogP contribution in [-0.2, 0) is 11.2 Å². The van der Waals surface area contributed by atoms with E-state index in [1.165, 1.54) is 10.9 Å². The van der Waals surface area contributed by atoms with Crippen molar-refractivity contribution in [2.24, 2.45) is 0 Å². The molecule has 1 fully saturated rings. The van der Waals surface area contributed by atoms with Gasteiger partial charge in [0, 0.05) is 42.3 Å². The molecule has 0 spiro atoms. The van der Waals surface area contributed by atoms with Crippen LogP contribution in [-0.4, -0.2) is 56.0 Å². The molecule has 3 aromatic heterocycles. The van der Waals surface area contributed by atoms with Crippen molar-refractivity contribution in [2.45, 2.75) is 6.42 Å². The molecule has 0 bridgehead atoms. The standard InChI is InChI=1S/C23H19N7O/c1-2-14-10-20-27-22-16(23-25-13-26-28-23)11-15(29-6-8-31-9-7-29)12-19(22)30(20)18-4-5-24-17(3-1)21(14)18/h1-5,11-13H,6-10H2,(H,25,26,28). The Bertz CT molecular complexity index is 1440. The van der Waals surface area contributed by atoms with Crippen LogP contribution in [0.5, 0.6) is 0 Å². The Hall–Kier alpha value is -3.78. The van der Waals surface area contributed by atoms with Gasteiger partial charge < -0.3 is 9.64 Å². The number of pyridine rings is 1. The zero-order chi connectivity index (χ0) is 20.4. The molecule has 0 unspecified atom stereocenters. The average Bonchev–Trinajstić information content (AvgIpc) is 3.47. The van der Waals surface area contributed by atoms with Gasteiger partial charge in [0.1, 0.15) is 17.7 Å². The van der Waals surface area contributed by atoms with E-state index in [1.54, 1.807) is 6.33 Å². The molecule has 8 nitrogen and oxygen atoms in total. The van der Waals surface area contributed by atoms with Crippen molar-refractivity contribution in [3.05, 3.63) is 60.3 Å². The van der Waals surface area contributed by atoms with Gasteiger partial charge in [-0.05, 0) is 29.8 Å². The Morgan fingerprint density at radius 3 is 2.84 bits per heavy atom. The van der Waals surface area contributed by atoms with Crippen LogP contribution in [0.2, 0.25) is 0 Å². The monoisotopic (exact) mass is 409 g/mol. The lowest BCUT2D eigenvalue weighted by atomic mass is 10.0. The maximum absolute atomic E-state index is 5.57. The molecule has 7 rings (SSSR count).